The third-order valence-corrected chi connectivity index (χ3v) is 4.89. The quantitative estimate of drug-likeness (QED) is 0.922. The Morgan fingerprint density at radius 1 is 1.20 bits per heavy atom. The lowest BCUT2D eigenvalue weighted by atomic mass is 10.0. The molecular weight excluding hydrogens is 336 g/mol. The molecular formula is C15H13BrN2OS. The maximum absolute atomic E-state index is 11.9. The third-order valence-electron chi connectivity index (χ3n) is 3.30. The zero-order chi connectivity index (χ0) is 14.1. The molecule has 102 valence electrons. The van der Waals surface area contributed by atoms with Crippen molar-refractivity contribution in [1.29, 1.82) is 0 Å². The first-order valence-electron chi connectivity index (χ1n) is 6.20. The molecule has 3 nitrogen and oxygen atoms in total. The molecule has 0 bridgehead atoms. The number of hydrogen-bond acceptors (Lipinski definition) is 3. The molecule has 2 aromatic carbocycles. The van der Waals surface area contributed by atoms with Crippen LogP contribution in [0.2, 0.25) is 0 Å². The first kappa shape index (κ1) is 13.5. The van der Waals surface area contributed by atoms with Gasteiger partial charge in [0.15, 0.2) is 0 Å². The summed E-state index contributed by atoms with van der Waals surface area (Å²) in [4.78, 5) is 15.2. The van der Waals surface area contributed by atoms with Crippen molar-refractivity contribution in [3.05, 3.63) is 58.6 Å². The first-order chi connectivity index (χ1) is 9.66. The molecule has 1 aliphatic rings. The second-order valence-electron chi connectivity index (χ2n) is 4.57. The van der Waals surface area contributed by atoms with Gasteiger partial charge in [-0.2, -0.15) is 0 Å². The molecule has 2 aromatic rings. The van der Waals surface area contributed by atoms with Gasteiger partial charge in [-0.1, -0.05) is 40.2 Å². The molecule has 1 heterocycles. The fraction of sp³-hybridized carbons (Fsp3) is 0.133. The minimum Gasteiger partial charge on any atom is -0.368 e. The van der Waals surface area contributed by atoms with E-state index in [2.05, 4.69) is 26.9 Å². The highest BCUT2D eigenvalue weighted by molar-refractivity contribution is 9.10. The van der Waals surface area contributed by atoms with Crippen LogP contribution < -0.4 is 10.6 Å². The summed E-state index contributed by atoms with van der Waals surface area (Å²) in [5.41, 5.74) is 7.63. The van der Waals surface area contributed by atoms with Crippen LogP contribution >= 0.6 is 27.7 Å². The van der Waals surface area contributed by atoms with Crippen molar-refractivity contribution in [2.45, 2.75) is 10.9 Å². The zero-order valence-electron chi connectivity index (χ0n) is 10.6. The predicted octanol–water partition coefficient (Wildman–Crippen LogP) is 3.55. The van der Waals surface area contributed by atoms with E-state index < -0.39 is 6.04 Å². The average molecular weight is 349 g/mol. The average Bonchev–Trinajstić information content (AvgIpc) is 2.85. The number of carbonyl (C=O) groups excluding carboxylic acids is 1. The van der Waals surface area contributed by atoms with Crippen LogP contribution in [0.25, 0.3) is 0 Å². The lowest BCUT2D eigenvalue weighted by molar-refractivity contribution is -0.119. The summed E-state index contributed by atoms with van der Waals surface area (Å²) < 4.78 is 0.987. The molecule has 0 fully saturated rings. The van der Waals surface area contributed by atoms with E-state index in [-0.39, 0.29) is 5.91 Å². The number of thioether (sulfide) groups is 1. The molecule has 0 saturated carbocycles. The van der Waals surface area contributed by atoms with Gasteiger partial charge in [0.2, 0.25) is 5.91 Å². The summed E-state index contributed by atoms with van der Waals surface area (Å²) in [6.07, 6.45) is 0. The number of halogens is 1. The number of anilines is 1. The van der Waals surface area contributed by atoms with Gasteiger partial charge in [0.1, 0.15) is 6.04 Å². The smallest absolute Gasteiger partial charge is 0.244 e. The number of fused-ring (bicyclic) bond motifs is 1. The van der Waals surface area contributed by atoms with E-state index >= 15 is 0 Å². The normalized spacial score (nSPS) is 14.9. The number of carbonyl (C=O) groups is 1. The summed E-state index contributed by atoms with van der Waals surface area (Å²) in [7, 11) is 0. The fourth-order valence-electron chi connectivity index (χ4n) is 2.38. The lowest BCUT2D eigenvalue weighted by Crippen LogP contribution is -2.36. The van der Waals surface area contributed by atoms with Gasteiger partial charge in [-0.15, -0.1) is 11.8 Å². The number of nitrogens with two attached hydrogens (primary N) is 1. The van der Waals surface area contributed by atoms with Crippen LogP contribution in [0.4, 0.5) is 5.69 Å². The Balaban J connectivity index is 2.01. The Bertz CT molecular complexity index is 645. The molecule has 3 rings (SSSR count). The monoisotopic (exact) mass is 348 g/mol. The van der Waals surface area contributed by atoms with E-state index in [4.69, 9.17) is 5.73 Å². The van der Waals surface area contributed by atoms with E-state index in [1.165, 1.54) is 4.90 Å². The Hall–Kier alpha value is -1.46. The molecule has 0 saturated heterocycles. The molecule has 0 aromatic heterocycles. The van der Waals surface area contributed by atoms with Crippen LogP contribution in [0.5, 0.6) is 0 Å². The number of benzene rings is 2. The van der Waals surface area contributed by atoms with E-state index in [0.717, 1.165) is 21.6 Å². The van der Waals surface area contributed by atoms with Crippen LogP contribution in [0.15, 0.2) is 57.9 Å². The van der Waals surface area contributed by atoms with Gasteiger partial charge in [-0.25, -0.2) is 0 Å². The van der Waals surface area contributed by atoms with Crippen molar-refractivity contribution in [2.24, 2.45) is 5.73 Å². The Labute approximate surface area is 130 Å². The van der Waals surface area contributed by atoms with Crippen LogP contribution in [0.1, 0.15) is 11.6 Å². The molecule has 2 N–H and O–H groups in total. The maximum atomic E-state index is 11.9. The topological polar surface area (TPSA) is 46.3 Å². The highest BCUT2D eigenvalue weighted by Crippen LogP contribution is 2.42. The number of hydrogen-bond donors (Lipinski definition) is 1. The fourth-order valence-corrected chi connectivity index (χ4v) is 3.72. The minimum absolute atomic E-state index is 0.329. The van der Waals surface area contributed by atoms with E-state index in [1.807, 2.05) is 42.5 Å². The molecule has 0 radical (unpaired) electrons. The lowest BCUT2D eigenvalue weighted by Gasteiger charge is -2.27. The van der Waals surface area contributed by atoms with Crippen molar-refractivity contribution in [1.82, 2.24) is 0 Å². The van der Waals surface area contributed by atoms with Crippen molar-refractivity contribution in [3.63, 3.8) is 0 Å². The van der Waals surface area contributed by atoms with E-state index in [9.17, 15) is 4.79 Å². The predicted molar refractivity (Wildman–Crippen MR) is 85.7 cm³/mol. The Morgan fingerprint density at radius 3 is 2.60 bits per heavy atom. The second kappa shape index (κ2) is 5.50. The molecule has 5 heteroatoms. The summed E-state index contributed by atoms with van der Waals surface area (Å²) >= 11 is 5.14. The molecule has 0 aliphatic carbocycles. The number of rotatable bonds is 3. The zero-order valence-corrected chi connectivity index (χ0v) is 13.0. The molecule has 0 spiro atoms. The molecule has 1 amide bonds. The van der Waals surface area contributed by atoms with Gasteiger partial charge in [0.05, 0.1) is 11.6 Å². The summed E-state index contributed by atoms with van der Waals surface area (Å²) in [5.74, 6) is 0.410. The minimum atomic E-state index is -0.431. The standard InChI is InChI=1S/C15H13BrN2OS/c16-11-7-5-10(6-8-11)14(15(17)19)18-9-20-13-4-2-1-3-12(13)18/h1-8,14H,9H2,(H2,17,19). The van der Waals surface area contributed by atoms with Gasteiger partial charge in [0.25, 0.3) is 0 Å². The second-order valence-corrected chi connectivity index (χ2v) is 6.47. The van der Waals surface area contributed by atoms with Gasteiger partial charge >= 0.3 is 0 Å². The molecule has 20 heavy (non-hydrogen) atoms. The Kier molecular flexibility index (Phi) is 3.72. The number of para-hydroxylation sites is 1. The Morgan fingerprint density at radius 2 is 1.90 bits per heavy atom. The van der Waals surface area contributed by atoms with Gasteiger partial charge < -0.3 is 10.6 Å². The van der Waals surface area contributed by atoms with E-state index in [0.29, 0.717) is 0 Å². The van der Waals surface area contributed by atoms with Crippen LogP contribution in [0.3, 0.4) is 0 Å². The number of primary amides is 1. The molecule has 1 atom stereocenters. The maximum Gasteiger partial charge on any atom is 0.244 e. The first-order valence-corrected chi connectivity index (χ1v) is 7.98. The molecule has 1 aliphatic heterocycles. The highest BCUT2D eigenvalue weighted by atomic mass is 79.9. The van der Waals surface area contributed by atoms with Crippen molar-refractivity contribution in [3.8, 4) is 0 Å². The number of nitrogens with zero attached hydrogens (tertiary/aromatic N) is 1. The molecule has 1 unspecified atom stereocenters. The van der Waals surface area contributed by atoms with Gasteiger partial charge in [0, 0.05) is 9.37 Å². The van der Waals surface area contributed by atoms with Crippen molar-refractivity contribution < 1.29 is 4.79 Å². The summed E-state index contributed by atoms with van der Waals surface area (Å²) in [5, 5.41) is 0. The van der Waals surface area contributed by atoms with Gasteiger partial charge in [-0.3, -0.25) is 4.79 Å². The van der Waals surface area contributed by atoms with Crippen LogP contribution in [-0.4, -0.2) is 11.8 Å². The van der Waals surface area contributed by atoms with Crippen molar-refractivity contribution in [2.75, 3.05) is 10.8 Å². The highest BCUT2D eigenvalue weighted by Gasteiger charge is 2.31. The van der Waals surface area contributed by atoms with Gasteiger partial charge in [-0.05, 0) is 29.8 Å². The van der Waals surface area contributed by atoms with Crippen LogP contribution in [0, 0.1) is 0 Å². The number of amides is 1. The SMILES string of the molecule is NC(=O)C(c1ccc(Br)cc1)N1CSc2ccccc21. The third kappa shape index (κ3) is 2.43. The van der Waals surface area contributed by atoms with Crippen LogP contribution in [-0.2, 0) is 4.79 Å². The van der Waals surface area contributed by atoms with Crippen molar-refractivity contribution >= 4 is 39.3 Å². The largest absolute Gasteiger partial charge is 0.368 e. The summed E-state index contributed by atoms with van der Waals surface area (Å²) in [6, 6.07) is 15.4. The van der Waals surface area contributed by atoms with E-state index in [1.54, 1.807) is 11.8 Å². The summed E-state index contributed by atoms with van der Waals surface area (Å²) in [6.45, 7) is 0.